The van der Waals surface area contributed by atoms with Crippen LogP contribution in [-0.2, 0) is 14.3 Å². The summed E-state index contributed by atoms with van der Waals surface area (Å²) in [5.41, 5.74) is -0.973. The molecule has 0 aromatic heterocycles. The molecule has 3 unspecified atom stereocenters. The van der Waals surface area contributed by atoms with Crippen LogP contribution in [0, 0.1) is 17.3 Å². The molecule has 22 heavy (non-hydrogen) atoms. The molecule has 0 aliphatic heterocycles. The van der Waals surface area contributed by atoms with Gasteiger partial charge in [0.1, 0.15) is 0 Å². The van der Waals surface area contributed by atoms with Crippen LogP contribution in [0.1, 0.15) is 60.8 Å². The van der Waals surface area contributed by atoms with Gasteiger partial charge in [0.05, 0.1) is 5.41 Å². The van der Waals surface area contributed by atoms with Crippen molar-refractivity contribution in [1.29, 1.82) is 0 Å². The van der Waals surface area contributed by atoms with E-state index in [2.05, 4.69) is 0 Å². The summed E-state index contributed by atoms with van der Waals surface area (Å²) in [7, 11) is 0. The molecule has 0 aliphatic carbocycles. The van der Waals surface area contributed by atoms with Gasteiger partial charge in [-0.15, -0.1) is 0 Å². The number of carbonyl (C=O) groups excluding carboxylic acids is 1. The molecule has 0 saturated heterocycles. The molecule has 0 saturated carbocycles. The first kappa shape index (κ1) is 20.8. The van der Waals surface area contributed by atoms with Gasteiger partial charge in [0.15, 0.2) is 6.10 Å². The van der Waals surface area contributed by atoms with Crippen LogP contribution < -0.4 is 0 Å². The first-order chi connectivity index (χ1) is 9.89. The first-order valence-corrected chi connectivity index (χ1v) is 7.71. The Balaban J connectivity index is 5.52. The molecular weight excluding hydrogens is 294 g/mol. The predicted octanol–water partition coefficient (Wildman–Crippen LogP) is 4.13. The van der Waals surface area contributed by atoms with E-state index in [0.29, 0.717) is 12.8 Å². The maximum absolute atomic E-state index is 14.1. The van der Waals surface area contributed by atoms with Crippen molar-refractivity contribution in [2.75, 3.05) is 0 Å². The van der Waals surface area contributed by atoms with Crippen LogP contribution in [-0.4, -0.2) is 29.1 Å². The fourth-order valence-corrected chi connectivity index (χ4v) is 2.38. The Hall–Kier alpha value is -1.20. The van der Waals surface area contributed by atoms with Crippen molar-refractivity contribution >= 4 is 11.9 Å². The molecule has 0 aliphatic rings. The lowest BCUT2D eigenvalue weighted by Crippen LogP contribution is -2.50. The molecule has 3 atom stereocenters. The standard InChI is InChI=1S/C16H28F2O4/c1-7-9-11(8-2)10(3)12(16(17,18)13(19)20)22-14(21)15(4,5)6/h10-12H,7-9H2,1-6H3,(H,19,20). The van der Waals surface area contributed by atoms with E-state index < -0.39 is 35.3 Å². The van der Waals surface area contributed by atoms with Gasteiger partial charge in [-0.3, -0.25) is 4.79 Å². The van der Waals surface area contributed by atoms with Gasteiger partial charge in [0.25, 0.3) is 0 Å². The lowest BCUT2D eigenvalue weighted by atomic mass is 9.81. The molecular formula is C16H28F2O4. The first-order valence-electron chi connectivity index (χ1n) is 7.71. The number of carbonyl (C=O) groups is 2. The topological polar surface area (TPSA) is 63.6 Å². The molecule has 1 N–H and O–H groups in total. The van der Waals surface area contributed by atoms with Crippen molar-refractivity contribution in [2.24, 2.45) is 17.3 Å². The van der Waals surface area contributed by atoms with Crippen LogP contribution in [0.5, 0.6) is 0 Å². The summed E-state index contributed by atoms with van der Waals surface area (Å²) in [5.74, 6) is -8.08. The third-order valence-corrected chi connectivity index (χ3v) is 3.89. The minimum absolute atomic E-state index is 0.131. The van der Waals surface area contributed by atoms with Gasteiger partial charge in [-0.2, -0.15) is 8.78 Å². The number of aliphatic carboxylic acids is 1. The fraction of sp³-hybridized carbons (Fsp3) is 0.875. The van der Waals surface area contributed by atoms with E-state index in [1.807, 2.05) is 13.8 Å². The van der Waals surface area contributed by atoms with E-state index in [0.717, 1.165) is 6.42 Å². The molecule has 130 valence electrons. The summed E-state index contributed by atoms with van der Waals surface area (Å²) < 4.78 is 33.1. The zero-order chi connectivity index (χ0) is 17.7. The average molecular weight is 322 g/mol. The quantitative estimate of drug-likeness (QED) is 0.683. The Morgan fingerprint density at radius 2 is 1.68 bits per heavy atom. The van der Waals surface area contributed by atoms with E-state index in [1.165, 1.54) is 6.92 Å². The number of esters is 1. The van der Waals surface area contributed by atoms with Gasteiger partial charge in [-0.25, -0.2) is 4.79 Å². The molecule has 4 nitrogen and oxygen atoms in total. The summed E-state index contributed by atoms with van der Waals surface area (Å²) >= 11 is 0. The Morgan fingerprint density at radius 1 is 1.18 bits per heavy atom. The smallest absolute Gasteiger partial charge is 0.378 e. The highest BCUT2D eigenvalue weighted by atomic mass is 19.3. The molecule has 0 spiro atoms. The van der Waals surface area contributed by atoms with Gasteiger partial charge >= 0.3 is 17.9 Å². The van der Waals surface area contributed by atoms with Gasteiger partial charge in [-0.1, -0.05) is 40.0 Å². The number of carboxylic acid groups (broad SMARTS) is 1. The summed E-state index contributed by atoms with van der Waals surface area (Å²) in [6.45, 7) is 9.94. The lowest BCUT2D eigenvalue weighted by molar-refractivity contribution is -0.206. The fourth-order valence-electron chi connectivity index (χ4n) is 2.38. The van der Waals surface area contributed by atoms with E-state index in [1.54, 1.807) is 20.8 Å². The molecule has 0 bridgehead atoms. The third kappa shape index (κ3) is 5.21. The number of carboxylic acids is 1. The highest BCUT2D eigenvalue weighted by Crippen LogP contribution is 2.36. The molecule has 0 amide bonds. The maximum atomic E-state index is 14.1. The second-order valence-electron chi connectivity index (χ2n) is 6.82. The van der Waals surface area contributed by atoms with Crippen molar-refractivity contribution in [3.63, 3.8) is 0 Å². The number of halogens is 2. The minimum atomic E-state index is -4.11. The normalized spacial score (nSPS) is 16.7. The Labute approximate surface area is 131 Å². The second kappa shape index (κ2) is 7.88. The van der Waals surface area contributed by atoms with Gasteiger partial charge in [0.2, 0.25) is 0 Å². The molecule has 0 rings (SSSR count). The van der Waals surface area contributed by atoms with Gasteiger partial charge < -0.3 is 9.84 Å². The SMILES string of the molecule is CCCC(CC)C(C)C(OC(=O)C(C)(C)C)C(F)(F)C(=O)O. The number of alkyl halides is 2. The summed E-state index contributed by atoms with van der Waals surface area (Å²) in [5, 5.41) is 8.82. The Kier molecular flexibility index (Phi) is 7.45. The van der Waals surface area contributed by atoms with Crippen molar-refractivity contribution in [3.05, 3.63) is 0 Å². The van der Waals surface area contributed by atoms with Crippen LogP contribution in [0.15, 0.2) is 0 Å². The Bertz CT molecular complexity index is 388. The van der Waals surface area contributed by atoms with Crippen LogP contribution in [0.4, 0.5) is 8.78 Å². The van der Waals surface area contributed by atoms with Crippen molar-refractivity contribution in [3.8, 4) is 0 Å². The molecule has 0 aromatic carbocycles. The van der Waals surface area contributed by atoms with Crippen molar-refractivity contribution < 1.29 is 28.2 Å². The van der Waals surface area contributed by atoms with E-state index >= 15 is 0 Å². The average Bonchev–Trinajstić information content (AvgIpc) is 2.39. The van der Waals surface area contributed by atoms with Gasteiger partial charge in [-0.05, 0) is 26.7 Å². The lowest BCUT2D eigenvalue weighted by Gasteiger charge is -2.34. The highest BCUT2D eigenvalue weighted by Gasteiger charge is 2.54. The maximum Gasteiger partial charge on any atom is 0.378 e. The second-order valence-corrected chi connectivity index (χ2v) is 6.82. The van der Waals surface area contributed by atoms with Crippen LogP contribution >= 0.6 is 0 Å². The number of hydrogen-bond donors (Lipinski definition) is 1. The largest absolute Gasteiger partial charge is 0.477 e. The van der Waals surface area contributed by atoms with Crippen molar-refractivity contribution in [1.82, 2.24) is 0 Å². The summed E-state index contributed by atoms with van der Waals surface area (Å²) in [4.78, 5) is 22.9. The molecule has 0 radical (unpaired) electrons. The molecule has 6 heteroatoms. The molecule has 0 fully saturated rings. The Morgan fingerprint density at radius 3 is 2.00 bits per heavy atom. The predicted molar refractivity (Wildman–Crippen MR) is 79.8 cm³/mol. The summed E-state index contributed by atoms with van der Waals surface area (Å²) in [6.07, 6.45) is 0.125. The van der Waals surface area contributed by atoms with Crippen LogP contribution in [0.3, 0.4) is 0 Å². The van der Waals surface area contributed by atoms with Crippen molar-refractivity contribution in [2.45, 2.75) is 72.8 Å². The molecule has 0 aromatic rings. The zero-order valence-corrected chi connectivity index (χ0v) is 14.3. The highest BCUT2D eigenvalue weighted by molar-refractivity contribution is 5.79. The molecule has 0 heterocycles. The zero-order valence-electron chi connectivity index (χ0n) is 14.3. The number of hydrogen-bond acceptors (Lipinski definition) is 3. The number of rotatable bonds is 8. The van der Waals surface area contributed by atoms with E-state index in [9.17, 15) is 18.4 Å². The monoisotopic (exact) mass is 322 g/mol. The van der Waals surface area contributed by atoms with Crippen LogP contribution in [0.2, 0.25) is 0 Å². The summed E-state index contributed by atoms with van der Waals surface area (Å²) in [6, 6.07) is 0. The number of ether oxygens (including phenoxy) is 1. The third-order valence-electron chi connectivity index (χ3n) is 3.89. The van der Waals surface area contributed by atoms with E-state index in [4.69, 9.17) is 9.84 Å². The van der Waals surface area contributed by atoms with Crippen LogP contribution in [0.25, 0.3) is 0 Å². The minimum Gasteiger partial charge on any atom is -0.477 e. The van der Waals surface area contributed by atoms with Gasteiger partial charge in [0, 0.05) is 5.92 Å². The van der Waals surface area contributed by atoms with E-state index in [-0.39, 0.29) is 5.92 Å².